The summed E-state index contributed by atoms with van der Waals surface area (Å²) >= 11 is 0. The van der Waals surface area contributed by atoms with E-state index in [2.05, 4.69) is 20.7 Å². The first-order valence-corrected chi connectivity index (χ1v) is 7.99. The second-order valence-electron chi connectivity index (χ2n) is 6.29. The molecule has 2 amide bonds. The highest BCUT2D eigenvalue weighted by Crippen LogP contribution is 2.28. The number of hydrogen-bond acceptors (Lipinski definition) is 5. The van der Waals surface area contributed by atoms with Gasteiger partial charge in [-0.25, -0.2) is 4.98 Å². The fourth-order valence-corrected chi connectivity index (χ4v) is 2.71. The number of rotatable bonds is 3. The van der Waals surface area contributed by atoms with E-state index in [0.29, 0.717) is 5.56 Å². The number of nitrogens with one attached hydrogen (secondary N) is 2. The molecule has 2 fully saturated rings. The molecule has 0 aromatic carbocycles. The summed E-state index contributed by atoms with van der Waals surface area (Å²) in [5, 5.41) is 0. The average molecular weight is 318 g/mol. The van der Waals surface area contributed by atoms with E-state index in [9.17, 15) is 9.59 Å². The fraction of sp³-hybridized carbons (Fsp3) is 0.562. The average Bonchev–Trinajstić information content (AvgIpc) is 3.36. The largest absolute Gasteiger partial charge is 0.372 e. The first-order chi connectivity index (χ1) is 11.0. The Kier molecular flexibility index (Phi) is 4.47. The highest BCUT2D eigenvalue weighted by molar-refractivity contribution is 5.95. The number of ether oxygens (including phenoxy) is 1. The summed E-state index contributed by atoms with van der Waals surface area (Å²) in [6, 6.07) is 3.54. The van der Waals surface area contributed by atoms with Gasteiger partial charge in [-0.1, -0.05) is 0 Å². The Hall–Kier alpha value is -2.15. The van der Waals surface area contributed by atoms with Crippen molar-refractivity contribution in [2.75, 3.05) is 18.0 Å². The Morgan fingerprint density at radius 1 is 1.17 bits per heavy atom. The molecule has 2 atom stereocenters. The maximum Gasteiger partial charge on any atom is 0.271 e. The standard InChI is InChI=1S/C16H22N4O3/c1-10-8-20(9-11(2)23-10)14-6-5-13(7-17-14)16(22)19-18-15(21)12-3-4-12/h5-7,10-12H,3-4,8-9H2,1-2H3,(H,18,21)(H,19,22). The van der Waals surface area contributed by atoms with E-state index >= 15 is 0 Å². The van der Waals surface area contributed by atoms with Gasteiger partial charge in [-0.15, -0.1) is 0 Å². The number of pyridine rings is 1. The molecule has 7 heteroatoms. The smallest absolute Gasteiger partial charge is 0.271 e. The van der Waals surface area contributed by atoms with E-state index in [4.69, 9.17) is 4.74 Å². The van der Waals surface area contributed by atoms with Crippen molar-refractivity contribution < 1.29 is 14.3 Å². The van der Waals surface area contributed by atoms with Gasteiger partial charge in [0.05, 0.1) is 17.8 Å². The predicted octanol–water partition coefficient (Wildman–Crippen LogP) is 0.866. The van der Waals surface area contributed by atoms with Gasteiger partial charge in [0.15, 0.2) is 0 Å². The van der Waals surface area contributed by atoms with E-state index in [-0.39, 0.29) is 29.9 Å². The molecule has 0 spiro atoms. The molecule has 124 valence electrons. The van der Waals surface area contributed by atoms with Crippen LogP contribution in [0.3, 0.4) is 0 Å². The van der Waals surface area contributed by atoms with Crippen molar-refractivity contribution in [1.82, 2.24) is 15.8 Å². The minimum Gasteiger partial charge on any atom is -0.372 e. The molecule has 1 aliphatic heterocycles. The lowest BCUT2D eigenvalue weighted by Crippen LogP contribution is -2.46. The van der Waals surface area contributed by atoms with Crippen molar-refractivity contribution in [2.45, 2.75) is 38.9 Å². The third kappa shape index (κ3) is 3.98. The maximum absolute atomic E-state index is 12.0. The molecule has 1 aromatic rings. The van der Waals surface area contributed by atoms with Crippen LogP contribution in [0.1, 0.15) is 37.0 Å². The summed E-state index contributed by atoms with van der Waals surface area (Å²) in [7, 11) is 0. The van der Waals surface area contributed by atoms with Crippen molar-refractivity contribution in [3.05, 3.63) is 23.9 Å². The summed E-state index contributed by atoms with van der Waals surface area (Å²) in [6.45, 7) is 5.63. The van der Waals surface area contributed by atoms with Gasteiger partial charge in [-0.2, -0.15) is 0 Å². The van der Waals surface area contributed by atoms with Gasteiger partial charge in [0, 0.05) is 25.2 Å². The number of morpholine rings is 1. The monoisotopic (exact) mass is 318 g/mol. The number of carbonyl (C=O) groups is 2. The summed E-state index contributed by atoms with van der Waals surface area (Å²) in [4.78, 5) is 30.0. The predicted molar refractivity (Wildman–Crippen MR) is 84.8 cm³/mol. The Labute approximate surface area is 135 Å². The second kappa shape index (κ2) is 6.54. The van der Waals surface area contributed by atoms with Crippen molar-refractivity contribution in [2.24, 2.45) is 5.92 Å². The molecule has 1 saturated heterocycles. The normalized spacial score (nSPS) is 24.2. The van der Waals surface area contributed by atoms with E-state index in [1.807, 2.05) is 19.9 Å². The number of hydrogen-bond donors (Lipinski definition) is 2. The summed E-state index contributed by atoms with van der Waals surface area (Å²) in [5.41, 5.74) is 5.28. The number of nitrogens with zero attached hydrogens (tertiary/aromatic N) is 2. The SMILES string of the molecule is CC1CN(c2ccc(C(=O)NNC(=O)C3CC3)cn2)CC(C)O1. The minimum atomic E-state index is -0.359. The van der Waals surface area contributed by atoms with Crippen LogP contribution in [0.15, 0.2) is 18.3 Å². The molecule has 1 aromatic heterocycles. The van der Waals surface area contributed by atoms with Gasteiger partial charge >= 0.3 is 0 Å². The quantitative estimate of drug-likeness (QED) is 0.808. The highest BCUT2D eigenvalue weighted by atomic mass is 16.5. The van der Waals surface area contributed by atoms with Crippen LogP contribution in [0, 0.1) is 5.92 Å². The van der Waals surface area contributed by atoms with E-state index < -0.39 is 0 Å². The van der Waals surface area contributed by atoms with Crippen molar-refractivity contribution in [3.8, 4) is 0 Å². The van der Waals surface area contributed by atoms with Crippen LogP contribution in [-0.4, -0.2) is 42.1 Å². The van der Waals surface area contributed by atoms with Crippen molar-refractivity contribution >= 4 is 17.6 Å². The molecule has 2 N–H and O–H groups in total. The molecule has 2 aliphatic rings. The van der Waals surface area contributed by atoms with Crippen LogP contribution < -0.4 is 15.8 Å². The Morgan fingerprint density at radius 3 is 2.43 bits per heavy atom. The third-order valence-electron chi connectivity index (χ3n) is 4.00. The van der Waals surface area contributed by atoms with Crippen LogP contribution >= 0.6 is 0 Å². The van der Waals surface area contributed by atoms with Crippen molar-refractivity contribution in [3.63, 3.8) is 0 Å². The number of hydrazine groups is 1. The number of anilines is 1. The first-order valence-electron chi connectivity index (χ1n) is 7.99. The van der Waals surface area contributed by atoms with Gasteiger partial charge in [-0.3, -0.25) is 20.4 Å². The van der Waals surface area contributed by atoms with Gasteiger partial charge in [0.25, 0.3) is 5.91 Å². The minimum absolute atomic E-state index is 0.0566. The summed E-state index contributed by atoms with van der Waals surface area (Å²) < 4.78 is 5.70. The highest BCUT2D eigenvalue weighted by Gasteiger charge is 2.29. The molecule has 0 radical (unpaired) electrons. The first kappa shape index (κ1) is 15.7. The van der Waals surface area contributed by atoms with Gasteiger partial charge in [0.1, 0.15) is 5.82 Å². The van der Waals surface area contributed by atoms with E-state index in [1.165, 1.54) is 6.20 Å². The topological polar surface area (TPSA) is 83.6 Å². The number of aromatic nitrogens is 1. The third-order valence-corrected chi connectivity index (χ3v) is 4.00. The zero-order chi connectivity index (χ0) is 16.4. The molecule has 3 rings (SSSR count). The summed E-state index contributed by atoms with van der Waals surface area (Å²) in [6.07, 6.45) is 3.63. The van der Waals surface area contributed by atoms with Crippen LogP contribution in [-0.2, 0) is 9.53 Å². The van der Waals surface area contributed by atoms with Crippen LogP contribution in [0.4, 0.5) is 5.82 Å². The lowest BCUT2D eigenvalue weighted by Gasteiger charge is -2.36. The molecule has 0 bridgehead atoms. The van der Waals surface area contributed by atoms with E-state index in [0.717, 1.165) is 31.7 Å². The lowest BCUT2D eigenvalue weighted by molar-refractivity contribution is -0.123. The molecule has 23 heavy (non-hydrogen) atoms. The van der Waals surface area contributed by atoms with Gasteiger partial charge < -0.3 is 9.64 Å². The molecular formula is C16H22N4O3. The van der Waals surface area contributed by atoms with Crippen LogP contribution in [0.25, 0.3) is 0 Å². The Bertz CT molecular complexity index is 575. The maximum atomic E-state index is 12.0. The van der Waals surface area contributed by atoms with E-state index in [1.54, 1.807) is 6.07 Å². The fourth-order valence-electron chi connectivity index (χ4n) is 2.71. The zero-order valence-corrected chi connectivity index (χ0v) is 13.4. The Morgan fingerprint density at radius 2 is 1.87 bits per heavy atom. The van der Waals surface area contributed by atoms with Crippen LogP contribution in [0.2, 0.25) is 0 Å². The number of carbonyl (C=O) groups excluding carboxylic acids is 2. The molecule has 7 nitrogen and oxygen atoms in total. The van der Waals surface area contributed by atoms with Crippen LogP contribution in [0.5, 0.6) is 0 Å². The Balaban J connectivity index is 1.57. The molecule has 1 saturated carbocycles. The molecule has 2 heterocycles. The molecule has 1 aliphatic carbocycles. The second-order valence-corrected chi connectivity index (χ2v) is 6.29. The zero-order valence-electron chi connectivity index (χ0n) is 13.4. The summed E-state index contributed by atoms with van der Waals surface area (Å²) in [5.74, 6) is 0.396. The van der Waals surface area contributed by atoms with Gasteiger partial charge in [0.2, 0.25) is 5.91 Å². The lowest BCUT2D eigenvalue weighted by atomic mass is 10.2. The number of amides is 2. The van der Waals surface area contributed by atoms with Crippen molar-refractivity contribution in [1.29, 1.82) is 0 Å². The van der Waals surface area contributed by atoms with Gasteiger partial charge in [-0.05, 0) is 38.8 Å². The molecular weight excluding hydrogens is 296 g/mol. The molecule has 2 unspecified atom stereocenters.